The van der Waals surface area contributed by atoms with Gasteiger partial charge in [0, 0.05) is 0 Å². The summed E-state index contributed by atoms with van der Waals surface area (Å²) in [6, 6.07) is 0. The highest BCUT2D eigenvalue weighted by Crippen LogP contribution is 2.38. The van der Waals surface area contributed by atoms with Crippen molar-refractivity contribution in [1.29, 1.82) is 0 Å². The van der Waals surface area contributed by atoms with E-state index in [0.29, 0.717) is 0 Å². The van der Waals surface area contributed by atoms with E-state index in [4.69, 9.17) is 9.66 Å². The van der Waals surface area contributed by atoms with Crippen molar-refractivity contribution >= 4 is 16.1 Å². The lowest BCUT2D eigenvalue weighted by molar-refractivity contribution is -0.143. The quantitative estimate of drug-likeness (QED) is 0.717. The molecular formula is C9H11FO5S. The van der Waals surface area contributed by atoms with Crippen LogP contribution in [0, 0.1) is 5.92 Å². The maximum atomic E-state index is 14.1. The molecule has 0 aromatic heterocycles. The van der Waals surface area contributed by atoms with E-state index in [1.165, 1.54) is 0 Å². The Balaban J connectivity index is 3.38. The number of aliphatic carboxylic acids is 1. The average Bonchev–Trinajstić information content (AvgIpc) is 2.06. The highest BCUT2D eigenvalue weighted by atomic mass is 32.2. The molecule has 0 amide bonds. The lowest BCUT2D eigenvalue weighted by Gasteiger charge is -2.30. The molecule has 2 unspecified atom stereocenters. The van der Waals surface area contributed by atoms with Crippen LogP contribution < -0.4 is 0 Å². The Morgan fingerprint density at radius 2 is 2.06 bits per heavy atom. The van der Waals surface area contributed by atoms with Gasteiger partial charge >= 0.3 is 5.97 Å². The van der Waals surface area contributed by atoms with Crippen LogP contribution in [0.2, 0.25) is 0 Å². The number of alkyl halides is 1. The fourth-order valence-corrected chi connectivity index (χ4v) is 2.39. The summed E-state index contributed by atoms with van der Waals surface area (Å²) in [4.78, 5) is 10.2. The zero-order chi connectivity index (χ0) is 12.7. The van der Waals surface area contributed by atoms with E-state index < -0.39 is 32.6 Å². The number of carbonyl (C=O) groups is 1. The molecule has 7 heteroatoms. The Morgan fingerprint density at radius 1 is 1.56 bits per heavy atom. The Morgan fingerprint density at radius 3 is 2.44 bits per heavy atom. The van der Waals surface area contributed by atoms with Crippen LogP contribution in [-0.2, 0) is 14.9 Å². The molecule has 0 aromatic rings. The van der Waals surface area contributed by atoms with Crippen LogP contribution in [0.5, 0.6) is 0 Å². The summed E-state index contributed by atoms with van der Waals surface area (Å²) < 4.78 is 44.7. The first-order valence-corrected chi connectivity index (χ1v) is 5.81. The van der Waals surface area contributed by atoms with E-state index in [1.807, 2.05) is 0 Å². The minimum Gasteiger partial charge on any atom is -0.481 e. The minimum absolute atomic E-state index is 0.315. The number of rotatable bonds is 2. The molecule has 0 saturated heterocycles. The lowest BCUT2D eigenvalue weighted by atomic mass is 9.81. The largest absolute Gasteiger partial charge is 0.481 e. The third-order valence-corrected chi connectivity index (χ3v) is 3.67. The van der Waals surface area contributed by atoms with E-state index >= 15 is 0 Å². The number of carboxylic acids is 1. The second-order valence-electron chi connectivity index (χ2n) is 3.71. The highest BCUT2D eigenvalue weighted by molar-refractivity contribution is 7.90. The minimum atomic E-state index is -4.54. The molecule has 0 radical (unpaired) electrons. The summed E-state index contributed by atoms with van der Waals surface area (Å²) >= 11 is 0. The topological polar surface area (TPSA) is 91.7 Å². The predicted octanol–water partition coefficient (Wildman–Crippen LogP) is 1.15. The van der Waals surface area contributed by atoms with E-state index in [1.54, 1.807) is 0 Å². The van der Waals surface area contributed by atoms with Crippen molar-refractivity contribution in [3.63, 3.8) is 0 Å². The summed E-state index contributed by atoms with van der Waals surface area (Å²) in [6.07, 6.45) is 1.82. The SMILES string of the molecule is CC1=C(S(=O)(=O)O)C=CC(C(=O)O)C1(C)F. The first-order valence-electron chi connectivity index (χ1n) is 4.37. The van der Waals surface area contributed by atoms with Crippen molar-refractivity contribution in [2.75, 3.05) is 0 Å². The van der Waals surface area contributed by atoms with Gasteiger partial charge in [0.05, 0.1) is 4.91 Å². The van der Waals surface area contributed by atoms with Crippen molar-refractivity contribution in [2.24, 2.45) is 5.92 Å². The average molecular weight is 250 g/mol. The van der Waals surface area contributed by atoms with Crippen molar-refractivity contribution in [1.82, 2.24) is 0 Å². The number of allylic oxidation sites excluding steroid dienone is 2. The Kier molecular flexibility index (Phi) is 2.95. The number of halogens is 1. The zero-order valence-corrected chi connectivity index (χ0v) is 9.45. The molecule has 0 fully saturated rings. The highest BCUT2D eigenvalue weighted by Gasteiger charge is 2.44. The molecule has 1 aliphatic rings. The molecule has 0 heterocycles. The van der Waals surface area contributed by atoms with E-state index in [0.717, 1.165) is 26.0 Å². The second kappa shape index (κ2) is 3.67. The first-order chi connectivity index (χ1) is 7.08. The van der Waals surface area contributed by atoms with Crippen molar-refractivity contribution in [3.05, 3.63) is 22.6 Å². The van der Waals surface area contributed by atoms with Crippen LogP contribution in [0.15, 0.2) is 22.6 Å². The predicted molar refractivity (Wildman–Crippen MR) is 54.0 cm³/mol. The molecule has 1 aliphatic carbocycles. The summed E-state index contributed by atoms with van der Waals surface area (Å²) in [6.45, 7) is 2.11. The van der Waals surface area contributed by atoms with Crippen molar-refractivity contribution in [3.8, 4) is 0 Å². The van der Waals surface area contributed by atoms with Crippen LogP contribution in [0.3, 0.4) is 0 Å². The summed E-state index contributed by atoms with van der Waals surface area (Å²) in [5.74, 6) is -2.85. The smallest absolute Gasteiger partial charge is 0.313 e. The Labute approximate surface area is 92.0 Å². The molecular weight excluding hydrogens is 239 g/mol. The van der Waals surface area contributed by atoms with Gasteiger partial charge in [-0.05, 0) is 25.5 Å². The molecule has 16 heavy (non-hydrogen) atoms. The normalized spacial score (nSPS) is 30.6. The maximum absolute atomic E-state index is 14.1. The lowest BCUT2D eigenvalue weighted by Crippen LogP contribution is -2.38. The summed E-state index contributed by atoms with van der Waals surface area (Å²) in [7, 11) is -4.54. The standard InChI is InChI=1S/C9H11FO5S/c1-5-7(16(13,14)15)4-3-6(8(11)12)9(5,2)10/h3-4,6H,1-2H3,(H,11,12)(H,13,14,15). The fraction of sp³-hybridized carbons (Fsp3) is 0.444. The molecule has 0 aliphatic heterocycles. The fourth-order valence-electron chi connectivity index (χ4n) is 1.56. The van der Waals surface area contributed by atoms with Crippen LogP contribution >= 0.6 is 0 Å². The third-order valence-electron chi connectivity index (χ3n) is 2.67. The maximum Gasteiger partial charge on any atom is 0.313 e. The zero-order valence-electron chi connectivity index (χ0n) is 8.64. The van der Waals surface area contributed by atoms with Crippen molar-refractivity contribution < 1.29 is 27.3 Å². The van der Waals surface area contributed by atoms with Gasteiger partial charge in [0.15, 0.2) is 0 Å². The third kappa shape index (κ3) is 2.00. The van der Waals surface area contributed by atoms with Gasteiger partial charge in [-0.3, -0.25) is 9.35 Å². The van der Waals surface area contributed by atoms with Crippen LogP contribution in [0.4, 0.5) is 4.39 Å². The van der Waals surface area contributed by atoms with Crippen LogP contribution in [-0.4, -0.2) is 29.7 Å². The number of hydrogen-bond acceptors (Lipinski definition) is 3. The Bertz CT molecular complexity index is 486. The van der Waals surface area contributed by atoms with E-state index in [9.17, 15) is 17.6 Å². The van der Waals surface area contributed by atoms with E-state index in [-0.39, 0.29) is 5.57 Å². The molecule has 1 rings (SSSR count). The second-order valence-corrected chi connectivity index (χ2v) is 5.10. The van der Waals surface area contributed by atoms with Crippen LogP contribution in [0.25, 0.3) is 0 Å². The Hall–Kier alpha value is -1.21. The molecule has 0 spiro atoms. The van der Waals surface area contributed by atoms with Gasteiger partial charge in [0.25, 0.3) is 10.1 Å². The summed E-state index contributed by atoms with van der Waals surface area (Å²) in [5.41, 5.74) is -2.66. The van der Waals surface area contributed by atoms with Gasteiger partial charge < -0.3 is 5.11 Å². The molecule has 2 atom stereocenters. The van der Waals surface area contributed by atoms with Gasteiger partial charge in [0.1, 0.15) is 11.6 Å². The van der Waals surface area contributed by atoms with Crippen LogP contribution in [0.1, 0.15) is 13.8 Å². The van der Waals surface area contributed by atoms with E-state index in [2.05, 4.69) is 0 Å². The summed E-state index contributed by atoms with van der Waals surface area (Å²) in [5, 5.41) is 8.75. The molecule has 0 aromatic carbocycles. The number of hydrogen-bond donors (Lipinski definition) is 2. The van der Waals surface area contributed by atoms with Gasteiger partial charge in [-0.15, -0.1) is 0 Å². The first kappa shape index (κ1) is 12.9. The van der Waals surface area contributed by atoms with Crippen molar-refractivity contribution in [2.45, 2.75) is 19.5 Å². The monoisotopic (exact) mass is 250 g/mol. The molecule has 2 N–H and O–H groups in total. The van der Waals surface area contributed by atoms with Gasteiger partial charge in [-0.25, -0.2) is 4.39 Å². The van der Waals surface area contributed by atoms with Gasteiger partial charge in [0.2, 0.25) is 0 Å². The molecule has 0 saturated carbocycles. The van der Waals surface area contributed by atoms with Gasteiger partial charge in [-0.1, -0.05) is 6.08 Å². The number of carboxylic acid groups (broad SMARTS) is 1. The van der Waals surface area contributed by atoms with Gasteiger partial charge in [-0.2, -0.15) is 8.42 Å². The molecule has 90 valence electrons. The molecule has 5 nitrogen and oxygen atoms in total. The molecule has 0 bridgehead atoms.